The lowest BCUT2D eigenvalue weighted by molar-refractivity contribution is -0.117. The second-order valence-corrected chi connectivity index (χ2v) is 12.9. The van der Waals surface area contributed by atoms with Crippen molar-refractivity contribution in [2.75, 3.05) is 21.3 Å². The quantitative estimate of drug-likeness (QED) is 0.149. The van der Waals surface area contributed by atoms with Crippen LogP contribution < -0.4 is 4.74 Å². The summed E-state index contributed by atoms with van der Waals surface area (Å²) < 4.78 is 48.2. The minimum atomic E-state index is -4.67. The lowest BCUT2D eigenvalue weighted by atomic mass is 9.85. The molecule has 0 spiro atoms. The summed E-state index contributed by atoms with van der Waals surface area (Å²) in [5.41, 5.74) is 3.77. The molecule has 3 aliphatic rings. The Labute approximate surface area is 288 Å². The maximum absolute atomic E-state index is 12.2. The zero-order valence-corrected chi connectivity index (χ0v) is 28.7. The van der Waals surface area contributed by atoms with Crippen LogP contribution >= 0.6 is 0 Å². The van der Waals surface area contributed by atoms with Crippen LogP contribution in [0.4, 0.5) is 0 Å². The molecule has 0 saturated carbocycles. The Bertz CT molecular complexity index is 1680. The summed E-state index contributed by atoms with van der Waals surface area (Å²) >= 11 is 0. The monoisotopic (exact) mass is 689 g/mol. The number of piperidine rings is 1. The van der Waals surface area contributed by atoms with Crippen molar-refractivity contribution in [1.29, 1.82) is 0 Å². The molecule has 3 aromatic rings. The predicted octanol–water partition coefficient (Wildman–Crippen LogP) is 6.34. The molecule has 49 heavy (non-hydrogen) atoms. The van der Waals surface area contributed by atoms with Gasteiger partial charge in [-0.3, -0.25) is 18.7 Å². The highest BCUT2D eigenvalue weighted by molar-refractivity contribution is 7.79. The van der Waals surface area contributed by atoms with Crippen molar-refractivity contribution < 1.29 is 41.3 Å². The van der Waals surface area contributed by atoms with Crippen molar-refractivity contribution in [3.63, 3.8) is 0 Å². The summed E-state index contributed by atoms with van der Waals surface area (Å²) in [4.78, 5) is 26.6. The number of hydrogen-bond acceptors (Lipinski definition) is 8. The summed E-state index contributed by atoms with van der Waals surface area (Å²) in [6, 6.07) is 30.0. The van der Waals surface area contributed by atoms with E-state index in [1.165, 1.54) is 56.1 Å². The van der Waals surface area contributed by atoms with E-state index in [1.54, 1.807) is 25.3 Å². The second kappa shape index (κ2) is 17.3. The molecule has 260 valence electrons. The molecule has 2 heterocycles. The predicted molar refractivity (Wildman–Crippen MR) is 187 cm³/mol. The smallest absolute Gasteiger partial charge is 0.394 e. The van der Waals surface area contributed by atoms with Crippen LogP contribution in [-0.2, 0) is 29.5 Å². The maximum Gasteiger partial charge on any atom is 0.394 e. The van der Waals surface area contributed by atoms with Gasteiger partial charge in [0.05, 0.1) is 20.3 Å². The number of rotatable bonds is 9. The van der Waals surface area contributed by atoms with E-state index in [2.05, 4.69) is 79.2 Å². The van der Waals surface area contributed by atoms with E-state index >= 15 is 0 Å². The first-order chi connectivity index (χ1) is 23.4. The number of carbonyl (C=O) groups is 2. The van der Waals surface area contributed by atoms with Crippen molar-refractivity contribution in [1.82, 2.24) is 4.90 Å². The molecule has 3 unspecified atom stereocenters. The van der Waals surface area contributed by atoms with Crippen molar-refractivity contribution in [2.24, 2.45) is 0 Å². The Morgan fingerprint density at radius 2 is 1.29 bits per heavy atom. The number of ether oxygens (including phenoxy) is 3. The molecule has 6 rings (SSSR count). The molecule has 0 amide bonds. The molecule has 2 aliphatic heterocycles. The number of hydrogen-bond donors (Lipinski definition) is 2. The van der Waals surface area contributed by atoms with Crippen LogP contribution in [0.3, 0.4) is 0 Å². The number of methoxy groups -OCH3 is 2. The highest BCUT2D eigenvalue weighted by atomic mass is 32.3. The Kier molecular flexibility index (Phi) is 13.2. The molecule has 3 atom stereocenters. The van der Waals surface area contributed by atoms with E-state index in [0.29, 0.717) is 23.8 Å². The molecular formula is C38H43NO9S. The summed E-state index contributed by atoms with van der Waals surface area (Å²) in [5.74, 6) is -0.119. The Morgan fingerprint density at radius 1 is 0.776 bits per heavy atom. The van der Waals surface area contributed by atoms with Gasteiger partial charge < -0.3 is 19.1 Å². The van der Waals surface area contributed by atoms with Gasteiger partial charge in [-0.15, -0.1) is 6.58 Å². The lowest BCUT2D eigenvalue weighted by Crippen LogP contribution is -2.43. The van der Waals surface area contributed by atoms with Crippen LogP contribution in [0.25, 0.3) is 0 Å². The minimum absolute atomic E-state index is 0.0465. The van der Waals surface area contributed by atoms with E-state index < -0.39 is 10.4 Å². The lowest BCUT2D eigenvalue weighted by Gasteiger charge is -2.38. The Balaban J connectivity index is 0.000000195. The molecule has 2 fully saturated rings. The maximum atomic E-state index is 12.2. The number of ketones is 2. The van der Waals surface area contributed by atoms with Gasteiger partial charge in [0.1, 0.15) is 11.9 Å². The van der Waals surface area contributed by atoms with Gasteiger partial charge in [-0.05, 0) is 67.6 Å². The van der Waals surface area contributed by atoms with Crippen LogP contribution in [0.2, 0.25) is 0 Å². The highest BCUT2D eigenvalue weighted by Crippen LogP contribution is 2.38. The van der Waals surface area contributed by atoms with E-state index in [0.717, 1.165) is 11.3 Å². The van der Waals surface area contributed by atoms with E-state index in [1.807, 2.05) is 12.1 Å². The number of fused-ring (bicyclic) bond motifs is 2. The van der Waals surface area contributed by atoms with Gasteiger partial charge in [0.2, 0.25) is 5.78 Å². The number of allylic oxidation sites excluding steroid dienone is 4. The number of nitrogens with zero attached hydrogens (tertiary/aromatic N) is 1. The average molecular weight is 690 g/mol. The Morgan fingerprint density at radius 3 is 1.73 bits per heavy atom. The Hall–Kier alpha value is -4.39. The number of carbonyl (C=O) groups excluding carboxylic acids is 2. The number of benzene rings is 3. The molecule has 2 N–H and O–H groups in total. The first-order valence-corrected chi connectivity index (χ1v) is 17.3. The summed E-state index contributed by atoms with van der Waals surface area (Å²) in [5, 5.41) is 0. The zero-order chi connectivity index (χ0) is 35.6. The van der Waals surface area contributed by atoms with Crippen molar-refractivity contribution >= 4 is 22.0 Å². The average Bonchev–Trinajstić information content (AvgIpc) is 3.28. The fourth-order valence-electron chi connectivity index (χ4n) is 6.48. The van der Waals surface area contributed by atoms with Gasteiger partial charge in [0.25, 0.3) is 0 Å². The standard InChI is InChI=1S/C21H25NO.C17H16O4.H2O4S/c1-22-18-12-13-19(22)15-20(14-18)23-21(16-8-4-2-5-9-16)17-10-6-3-7-11-17;1-4-13(11-5-7-12(20-2)8-6-11)14-9-16(19)17(21-3)10-15(14)18;1-5(2,3)4/h2-11,18-21H,12-15H2,1H3;4-10,13H,1H2,2-3H3;(H2,1,2,3,4). The van der Waals surface area contributed by atoms with Gasteiger partial charge >= 0.3 is 10.4 Å². The van der Waals surface area contributed by atoms with Crippen molar-refractivity contribution in [3.8, 4) is 5.75 Å². The van der Waals surface area contributed by atoms with Gasteiger partial charge in [0.15, 0.2) is 11.5 Å². The van der Waals surface area contributed by atoms with Gasteiger partial charge in [0, 0.05) is 29.7 Å². The fraction of sp³-hybridized carbons (Fsp3) is 0.316. The SMILES string of the molecule is C=CC(C1=CC(=O)C(OC)=CC1=O)c1ccc(OC)cc1.CN1C2CCC1CC(OC(c1ccccc1)c1ccccc1)C2.O=S(=O)(O)O. The molecular weight excluding hydrogens is 646 g/mol. The molecule has 0 radical (unpaired) electrons. The molecule has 2 bridgehead atoms. The van der Waals surface area contributed by atoms with Crippen molar-refractivity contribution in [2.45, 2.75) is 55.9 Å². The van der Waals surface area contributed by atoms with E-state index in [4.69, 9.17) is 31.7 Å². The van der Waals surface area contributed by atoms with Gasteiger partial charge in [-0.1, -0.05) is 78.9 Å². The topological polar surface area (TPSA) is 140 Å². The minimum Gasteiger partial charge on any atom is -0.497 e. The van der Waals surface area contributed by atoms with Crippen LogP contribution in [-0.4, -0.2) is 73.4 Å². The normalized spacial score (nSPS) is 20.9. The first-order valence-electron chi connectivity index (χ1n) is 15.9. The third-order valence-electron chi connectivity index (χ3n) is 8.93. The molecule has 1 aliphatic carbocycles. The zero-order valence-electron chi connectivity index (χ0n) is 27.8. The van der Waals surface area contributed by atoms with Gasteiger partial charge in [-0.2, -0.15) is 8.42 Å². The summed E-state index contributed by atoms with van der Waals surface area (Å²) in [6.07, 6.45) is 9.61. The second-order valence-electron chi connectivity index (χ2n) is 12.0. The van der Waals surface area contributed by atoms with Crippen LogP contribution in [0.15, 0.2) is 121 Å². The van der Waals surface area contributed by atoms with E-state index in [-0.39, 0.29) is 29.3 Å². The van der Waals surface area contributed by atoms with E-state index in [9.17, 15) is 9.59 Å². The largest absolute Gasteiger partial charge is 0.497 e. The van der Waals surface area contributed by atoms with Crippen LogP contribution in [0.5, 0.6) is 5.75 Å². The summed E-state index contributed by atoms with van der Waals surface area (Å²) in [6.45, 7) is 3.77. The molecule has 10 nitrogen and oxygen atoms in total. The highest BCUT2D eigenvalue weighted by Gasteiger charge is 2.39. The van der Waals surface area contributed by atoms with Crippen LogP contribution in [0.1, 0.15) is 54.4 Å². The van der Waals surface area contributed by atoms with Crippen LogP contribution in [0, 0.1) is 0 Å². The third-order valence-corrected chi connectivity index (χ3v) is 8.93. The third kappa shape index (κ3) is 10.5. The van der Waals surface area contributed by atoms with Gasteiger partial charge in [-0.25, -0.2) is 0 Å². The molecule has 0 aromatic heterocycles. The molecule has 11 heteroatoms. The summed E-state index contributed by atoms with van der Waals surface area (Å²) in [7, 11) is 0.567. The first kappa shape index (κ1) is 37.4. The molecule has 2 saturated heterocycles. The fourth-order valence-corrected chi connectivity index (χ4v) is 6.48. The molecule has 3 aromatic carbocycles. The van der Waals surface area contributed by atoms with Crippen molar-refractivity contribution in [3.05, 3.63) is 138 Å².